The lowest BCUT2D eigenvalue weighted by Gasteiger charge is -2.10. The maximum absolute atomic E-state index is 10.8. The van der Waals surface area contributed by atoms with Crippen LogP contribution in [0.15, 0.2) is 18.5 Å². The molecule has 18 heavy (non-hydrogen) atoms. The highest BCUT2D eigenvalue weighted by Crippen LogP contribution is 2.18. The van der Waals surface area contributed by atoms with E-state index in [1.165, 1.54) is 22.3 Å². The van der Waals surface area contributed by atoms with Crippen LogP contribution in [-0.2, 0) is 12.8 Å². The van der Waals surface area contributed by atoms with E-state index in [4.69, 9.17) is 0 Å². The molecule has 0 aliphatic rings. The van der Waals surface area contributed by atoms with Crippen LogP contribution < -0.4 is 0 Å². The second-order valence-electron chi connectivity index (χ2n) is 4.76. The maximum atomic E-state index is 10.8. The molecular weight excluding hydrogens is 224 g/mol. The third-order valence-electron chi connectivity index (χ3n) is 3.33. The lowest BCUT2D eigenvalue weighted by Crippen LogP contribution is -2.00. The van der Waals surface area contributed by atoms with Gasteiger partial charge in [0.25, 0.3) is 0 Å². The molecule has 94 valence electrons. The minimum atomic E-state index is 0.525. The van der Waals surface area contributed by atoms with Gasteiger partial charge in [-0.2, -0.15) is 0 Å². The number of nitrogens with one attached hydrogen (secondary N) is 1. The number of H-pyrrole nitrogens is 1. The Hall–Kier alpha value is -1.90. The summed E-state index contributed by atoms with van der Waals surface area (Å²) in [5, 5.41) is 0. The number of nitrogens with zero attached hydrogens (tertiary/aromatic N) is 1. The summed E-state index contributed by atoms with van der Waals surface area (Å²) in [6, 6.07) is 4.41. The first kappa shape index (κ1) is 12.6. The van der Waals surface area contributed by atoms with Crippen LogP contribution in [0.3, 0.4) is 0 Å². The molecule has 2 rings (SSSR count). The van der Waals surface area contributed by atoms with Crippen molar-refractivity contribution in [1.82, 2.24) is 9.97 Å². The van der Waals surface area contributed by atoms with Crippen molar-refractivity contribution in [3.63, 3.8) is 0 Å². The predicted octanol–water partition coefficient (Wildman–Crippen LogP) is 2.93. The molecule has 3 heteroatoms. The molecular formula is C15H18N2O. The first-order chi connectivity index (χ1) is 8.61. The van der Waals surface area contributed by atoms with E-state index in [-0.39, 0.29) is 0 Å². The van der Waals surface area contributed by atoms with Crippen LogP contribution in [0.25, 0.3) is 0 Å². The highest BCUT2D eigenvalue weighted by Gasteiger charge is 2.08. The van der Waals surface area contributed by atoms with E-state index < -0.39 is 0 Å². The van der Waals surface area contributed by atoms with Crippen molar-refractivity contribution in [1.29, 1.82) is 0 Å². The highest BCUT2D eigenvalue weighted by atomic mass is 16.1. The standard InChI is InChI=1S/C15H18N2O/c1-10-6-11(2)13(12(3)7-10)4-5-14-15(8-18)17-9-16-14/h6-9H,4-5H2,1-3H3,(H,16,17). The van der Waals surface area contributed by atoms with Gasteiger partial charge in [-0.1, -0.05) is 17.7 Å². The van der Waals surface area contributed by atoms with Crippen LogP contribution in [0.1, 0.15) is 38.4 Å². The van der Waals surface area contributed by atoms with E-state index in [0.29, 0.717) is 5.69 Å². The zero-order valence-electron chi connectivity index (χ0n) is 11.1. The molecule has 1 aromatic carbocycles. The summed E-state index contributed by atoms with van der Waals surface area (Å²) in [6.45, 7) is 6.40. The van der Waals surface area contributed by atoms with Crippen LogP contribution >= 0.6 is 0 Å². The number of aromatic amines is 1. The molecule has 1 heterocycles. The molecule has 0 saturated heterocycles. The average molecular weight is 242 g/mol. The van der Waals surface area contributed by atoms with Gasteiger partial charge in [0.2, 0.25) is 0 Å². The lowest BCUT2D eigenvalue weighted by molar-refractivity contribution is 0.111. The summed E-state index contributed by atoms with van der Waals surface area (Å²) in [6.07, 6.45) is 4.13. The summed E-state index contributed by atoms with van der Waals surface area (Å²) in [5.74, 6) is 0. The quantitative estimate of drug-likeness (QED) is 0.838. The second-order valence-corrected chi connectivity index (χ2v) is 4.76. The van der Waals surface area contributed by atoms with Crippen LogP contribution in [0, 0.1) is 20.8 Å². The van der Waals surface area contributed by atoms with E-state index in [0.717, 1.165) is 24.8 Å². The van der Waals surface area contributed by atoms with Crippen molar-refractivity contribution >= 4 is 6.29 Å². The van der Waals surface area contributed by atoms with E-state index in [9.17, 15) is 4.79 Å². The fourth-order valence-corrected chi connectivity index (χ4v) is 2.49. The predicted molar refractivity (Wildman–Crippen MR) is 72.0 cm³/mol. The summed E-state index contributed by atoms with van der Waals surface area (Å²) < 4.78 is 0. The van der Waals surface area contributed by atoms with E-state index in [2.05, 4.69) is 42.9 Å². The molecule has 0 aliphatic heterocycles. The van der Waals surface area contributed by atoms with Crippen molar-refractivity contribution in [2.45, 2.75) is 33.6 Å². The molecule has 0 aliphatic carbocycles. The average Bonchev–Trinajstić information content (AvgIpc) is 2.75. The minimum absolute atomic E-state index is 0.525. The third-order valence-corrected chi connectivity index (χ3v) is 3.33. The summed E-state index contributed by atoms with van der Waals surface area (Å²) in [4.78, 5) is 17.8. The van der Waals surface area contributed by atoms with Crippen molar-refractivity contribution in [3.8, 4) is 0 Å². The van der Waals surface area contributed by atoms with Crippen molar-refractivity contribution in [2.75, 3.05) is 0 Å². The number of imidazole rings is 1. The van der Waals surface area contributed by atoms with Gasteiger partial charge in [0.05, 0.1) is 6.33 Å². The van der Waals surface area contributed by atoms with Crippen molar-refractivity contribution in [3.05, 3.63) is 52.1 Å². The molecule has 3 nitrogen and oxygen atoms in total. The minimum Gasteiger partial charge on any atom is -0.348 e. The number of carbonyl (C=O) groups excluding carboxylic acids is 1. The maximum Gasteiger partial charge on any atom is 0.170 e. The molecule has 0 fully saturated rings. The number of hydrogen-bond acceptors (Lipinski definition) is 2. The van der Waals surface area contributed by atoms with Crippen LogP contribution in [0.2, 0.25) is 0 Å². The van der Waals surface area contributed by atoms with Gasteiger partial charge in [-0.3, -0.25) is 4.79 Å². The summed E-state index contributed by atoms with van der Waals surface area (Å²) in [7, 11) is 0. The van der Waals surface area contributed by atoms with Gasteiger partial charge in [-0.15, -0.1) is 0 Å². The molecule has 0 unspecified atom stereocenters. The Balaban J connectivity index is 2.18. The Morgan fingerprint density at radius 3 is 2.44 bits per heavy atom. The number of hydrogen-bond donors (Lipinski definition) is 1. The molecule has 0 bridgehead atoms. The SMILES string of the molecule is Cc1cc(C)c(CCc2[nH]cnc2C=O)c(C)c1. The van der Waals surface area contributed by atoms with Gasteiger partial charge in [0.15, 0.2) is 6.29 Å². The fraction of sp³-hybridized carbons (Fsp3) is 0.333. The van der Waals surface area contributed by atoms with E-state index in [1.54, 1.807) is 6.33 Å². The number of aldehydes is 1. The van der Waals surface area contributed by atoms with Crippen LogP contribution in [0.4, 0.5) is 0 Å². The summed E-state index contributed by atoms with van der Waals surface area (Å²) >= 11 is 0. The number of aromatic nitrogens is 2. The third kappa shape index (κ3) is 2.50. The molecule has 0 saturated carbocycles. The topological polar surface area (TPSA) is 45.8 Å². The molecule has 1 aromatic heterocycles. The molecule has 1 N–H and O–H groups in total. The number of carbonyl (C=O) groups is 1. The zero-order valence-corrected chi connectivity index (χ0v) is 11.1. The Morgan fingerprint density at radius 2 is 1.83 bits per heavy atom. The normalized spacial score (nSPS) is 10.6. The van der Waals surface area contributed by atoms with Crippen molar-refractivity contribution in [2.24, 2.45) is 0 Å². The van der Waals surface area contributed by atoms with Gasteiger partial charge in [0, 0.05) is 5.69 Å². The van der Waals surface area contributed by atoms with Gasteiger partial charge in [0.1, 0.15) is 5.69 Å². The first-order valence-electron chi connectivity index (χ1n) is 6.16. The lowest BCUT2D eigenvalue weighted by atomic mass is 9.95. The molecule has 0 spiro atoms. The number of aryl methyl sites for hydroxylation is 4. The van der Waals surface area contributed by atoms with Crippen LogP contribution in [-0.4, -0.2) is 16.3 Å². The highest BCUT2D eigenvalue weighted by molar-refractivity contribution is 5.73. The first-order valence-corrected chi connectivity index (χ1v) is 6.16. The number of rotatable bonds is 4. The van der Waals surface area contributed by atoms with Gasteiger partial charge < -0.3 is 4.98 Å². The van der Waals surface area contributed by atoms with Gasteiger partial charge >= 0.3 is 0 Å². The summed E-state index contributed by atoms with van der Waals surface area (Å²) in [5.41, 5.74) is 6.75. The smallest absolute Gasteiger partial charge is 0.170 e. The monoisotopic (exact) mass is 242 g/mol. The van der Waals surface area contributed by atoms with Gasteiger partial charge in [-0.25, -0.2) is 4.98 Å². The zero-order chi connectivity index (χ0) is 13.1. The Morgan fingerprint density at radius 1 is 1.17 bits per heavy atom. The second kappa shape index (κ2) is 5.17. The molecule has 0 amide bonds. The molecule has 2 aromatic rings. The fourth-order valence-electron chi connectivity index (χ4n) is 2.49. The van der Waals surface area contributed by atoms with Crippen molar-refractivity contribution < 1.29 is 4.79 Å². The Kier molecular flexibility index (Phi) is 3.60. The van der Waals surface area contributed by atoms with Gasteiger partial charge in [-0.05, 0) is 50.3 Å². The largest absolute Gasteiger partial charge is 0.348 e. The Labute approximate surface area is 107 Å². The number of benzene rings is 1. The molecule has 0 atom stereocenters. The van der Waals surface area contributed by atoms with Crippen LogP contribution in [0.5, 0.6) is 0 Å². The van der Waals surface area contributed by atoms with E-state index in [1.807, 2.05) is 0 Å². The Bertz CT molecular complexity index is 547. The molecule has 0 radical (unpaired) electrons. The van der Waals surface area contributed by atoms with E-state index >= 15 is 0 Å².